The molecule has 0 radical (unpaired) electrons. The van der Waals surface area contributed by atoms with Gasteiger partial charge in [-0.1, -0.05) is 12.8 Å². The molecule has 1 aromatic carbocycles. The SMILES string of the molecule is Cc1nc2ccc(NC(=O)[C@@H]3CC(=O)N(C4CCCC4)C3)cc2s1. The van der Waals surface area contributed by atoms with E-state index in [-0.39, 0.29) is 17.7 Å². The van der Waals surface area contributed by atoms with Crippen molar-refractivity contribution >= 4 is 39.1 Å². The van der Waals surface area contributed by atoms with Crippen LogP contribution in [0.1, 0.15) is 37.1 Å². The van der Waals surface area contributed by atoms with E-state index in [2.05, 4.69) is 10.3 Å². The zero-order valence-electron chi connectivity index (χ0n) is 13.7. The van der Waals surface area contributed by atoms with Gasteiger partial charge in [-0.15, -0.1) is 11.3 Å². The molecule has 2 aliphatic rings. The van der Waals surface area contributed by atoms with Gasteiger partial charge in [0, 0.05) is 24.7 Å². The lowest BCUT2D eigenvalue weighted by Crippen LogP contribution is -2.35. The monoisotopic (exact) mass is 343 g/mol. The number of nitrogens with one attached hydrogen (secondary N) is 1. The number of thiazole rings is 1. The Morgan fingerprint density at radius 1 is 1.33 bits per heavy atom. The molecule has 1 saturated heterocycles. The molecule has 1 aromatic heterocycles. The maximum Gasteiger partial charge on any atom is 0.229 e. The van der Waals surface area contributed by atoms with Crippen LogP contribution in [0.3, 0.4) is 0 Å². The van der Waals surface area contributed by atoms with Crippen LogP contribution in [0.5, 0.6) is 0 Å². The highest BCUT2D eigenvalue weighted by Gasteiger charge is 2.38. The maximum absolute atomic E-state index is 12.6. The van der Waals surface area contributed by atoms with Crippen LogP contribution in [0.15, 0.2) is 18.2 Å². The minimum absolute atomic E-state index is 0.0514. The Balaban J connectivity index is 1.44. The number of carbonyl (C=O) groups excluding carboxylic acids is 2. The van der Waals surface area contributed by atoms with Crippen molar-refractivity contribution in [1.82, 2.24) is 9.88 Å². The lowest BCUT2D eigenvalue weighted by atomic mass is 10.1. The second kappa shape index (κ2) is 6.16. The molecule has 0 unspecified atom stereocenters. The van der Waals surface area contributed by atoms with Gasteiger partial charge >= 0.3 is 0 Å². The number of benzene rings is 1. The Kier molecular flexibility index (Phi) is 4.00. The van der Waals surface area contributed by atoms with Gasteiger partial charge < -0.3 is 10.2 Å². The van der Waals surface area contributed by atoms with Crippen LogP contribution in [-0.4, -0.2) is 34.3 Å². The van der Waals surface area contributed by atoms with Crippen LogP contribution in [0.25, 0.3) is 10.2 Å². The summed E-state index contributed by atoms with van der Waals surface area (Å²) in [7, 11) is 0. The summed E-state index contributed by atoms with van der Waals surface area (Å²) >= 11 is 1.62. The van der Waals surface area contributed by atoms with Crippen LogP contribution in [0, 0.1) is 12.8 Å². The molecule has 1 saturated carbocycles. The van der Waals surface area contributed by atoms with E-state index in [0.717, 1.165) is 33.8 Å². The van der Waals surface area contributed by atoms with Crippen molar-refractivity contribution in [1.29, 1.82) is 0 Å². The van der Waals surface area contributed by atoms with Gasteiger partial charge in [-0.3, -0.25) is 9.59 Å². The highest BCUT2D eigenvalue weighted by Crippen LogP contribution is 2.30. The van der Waals surface area contributed by atoms with Crippen LogP contribution in [-0.2, 0) is 9.59 Å². The van der Waals surface area contributed by atoms with Crippen LogP contribution < -0.4 is 5.32 Å². The van der Waals surface area contributed by atoms with Gasteiger partial charge in [-0.2, -0.15) is 0 Å². The third-order valence-corrected chi connectivity index (χ3v) is 5.99. The summed E-state index contributed by atoms with van der Waals surface area (Å²) in [6.07, 6.45) is 4.90. The topological polar surface area (TPSA) is 62.3 Å². The lowest BCUT2D eigenvalue weighted by Gasteiger charge is -2.23. The number of rotatable bonds is 3. The first kappa shape index (κ1) is 15.6. The third-order valence-electron chi connectivity index (χ3n) is 5.06. The molecule has 0 bridgehead atoms. The van der Waals surface area contributed by atoms with Crippen LogP contribution in [0.2, 0.25) is 0 Å². The molecule has 2 amide bonds. The molecule has 24 heavy (non-hydrogen) atoms. The Morgan fingerprint density at radius 3 is 2.92 bits per heavy atom. The standard InChI is InChI=1S/C18H21N3O2S/c1-11-19-15-7-6-13(9-16(15)24-11)20-18(23)12-8-17(22)21(10-12)14-4-2-3-5-14/h6-7,9,12,14H,2-5,8,10H2,1H3,(H,20,23)/t12-/m1/s1. The number of aryl methyl sites for hydroxylation is 1. The van der Waals surface area contributed by atoms with Crippen molar-refractivity contribution in [3.8, 4) is 0 Å². The molecule has 126 valence electrons. The number of aromatic nitrogens is 1. The smallest absolute Gasteiger partial charge is 0.229 e. The molecular formula is C18H21N3O2S. The Labute approximate surface area is 145 Å². The van der Waals surface area contributed by atoms with Crippen molar-refractivity contribution in [3.05, 3.63) is 23.2 Å². The van der Waals surface area contributed by atoms with Crippen LogP contribution in [0.4, 0.5) is 5.69 Å². The molecule has 1 N–H and O–H groups in total. The molecule has 2 fully saturated rings. The van der Waals surface area contributed by atoms with E-state index in [9.17, 15) is 9.59 Å². The summed E-state index contributed by atoms with van der Waals surface area (Å²) < 4.78 is 1.07. The normalized spacial score (nSPS) is 21.8. The van der Waals surface area contributed by atoms with Crippen molar-refractivity contribution in [2.45, 2.75) is 45.1 Å². The van der Waals surface area contributed by atoms with E-state index in [1.165, 1.54) is 12.8 Å². The molecule has 6 heteroatoms. The fraction of sp³-hybridized carbons (Fsp3) is 0.500. The minimum atomic E-state index is -0.239. The zero-order chi connectivity index (χ0) is 16.7. The summed E-state index contributed by atoms with van der Waals surface area (Å²) in [6, 6.07) is 6.12. The van der Waals surface area contributed by atoms with Gasteiger partial charge in [0.2, 0.25) is 11.8 Å². The molecule has 2 aromatic rings. The molecule has 4 rings (SSSR count). The average Bonchev–Trinajstić information content (AvgIpc) is 3.25. The first-order chi connectivity index (χ1) is 11.6. The second-order valence-electron chi connectivity index (χ2n) is 6.79. The van der Waals surface area contributed by atoms with Gasteiger partial charge in [0.1, 0.15) is 0 Å². The summed E-state index contributed by atoms with van der Waals surface area (Å²) in [4.78, 5) is 31.2. The second-order valence-corrected chi connectivity index (χ2v) is 8.02. The first-order valence-electron chi connectivity index (χ1n) is 8.57. The first-order valence-corrected chi connectivity index (χ1v) is 9.39. The van der Waals surface area contributed by atoms with E-state index in [1.54, 1.807) is 11.3 Å². The van der Waals surface area contributed by atoms with E-state index in [0.29, 0.717) is 19.0 Å². The Bertz CT molecular complexity index is 795. The molecule has 0 spiro atoms. The van der Waals surface area contributed by atoms with E-state index in [1.807, 2.05) is 30.0 Å². The van der Waals surface area contributed by atoms with E-state index < -0.39 is 0 Å². The lowest BCUT2D eigenvalue weighted by molar-refractivity contribution is -0.129. The Hall–Kier alpha value is -1.95. The fourth-order valence-electron chi connectivity index (χ4n) is 3.84. The number of fused-ring (bicyclic) bond motifs is 1. The van der Waals surface area contributed by atoms with Crippen molar-refractivity contribution in [2.75, 3.05) is 11.9 Å². The Morgan fingerprint density at radius 2 is 2.12 bits per heavy atom. The molecule has 1 aliphatic carbocycles. The van der Waals surface area contributed by atoms with Crippen molar-refractivity contribution in [3.63, 3.8) is 0 Å². The number of likely N-dealkylation sites (tertiary alicyclic amines) is 1. The quantitative estimate of drug-likeness (QED) is 0.930. The predicted molar refractivity (Wildman–Crippen MR) is 95.1 cm³/mol. The number of hydrogen-bond acceptors (Lipinski definition) is 4. The minimum Gasteiger partial charge on any atom is -0.339 e. The van der Waals surface area contributed by atoms with Gasteiger partial charge in [0.25, 0.3) is 0 Å². The largest absolute Gasteiger partial charge is 0.339 e. The van der Waals surface area contributed by atoms with E-state index in [4.69, 9.17) is 0 Å². The fourth-order valence-corrected chi connectivity index (χ4v) is 4.70. The molecule has 2 heterocycles. The van der Waals surface area contributed by atoms with Gasteiger partial charge in [-0.25, -0.2) is 4.98 Å². The average molecular weight is 343 g/mol. The van der Waals surface area contributed by atoms with Gasteiger partial charge in [0.05, 0.1) is 21.1 Å². The summed E-state index contributed by atoms with van der Waals surface area (Å²) in [5.41, 5.74) is 1.74. The highest BCUT2D eigenvalue weighted by atomic mass is 32.1. The highest BCUT2D eigenvalue weighted by molar-refractivity contribution is 7.18. The molecule has 1 atom stereocenters. The van der Waals surface area contributed by atoms with Crippen molar-refractivity contribution < 1.29 is 9.59 Å². The molecule has 5 nitrogen and oxygen atoms in total. The number of carbonyl (C=O) groups is 2. The third kappa shape index (κ3) is 2.90. The number of anilines is 1. The summed E-state index contributed by atoms with van der Waals surface area (Å²) in [6.45, 7) is 2.54. The van der Waals surface area contributed by atoms with Gasteiger partial charge in [-0.05, 0) is 38.0 Å². The summed E-state index contributed by atoms with van der Waals surface area (Å²) in [5.74, 6) is -0.156. The molecule has 1 aliphatic heterocycles. The van der Waals surface area contributed by atoms with Crippen molar-refractivity contribution in [2.24, 2.45) is 5.92 Å². The summed E-state index contributed by atoms with van der Waals surface area (Å²) in [5, 5.41) is 3.99. The predicted octanol–water partition coefficient (Wildman–Crippen LogP) is 3.33. The number of nitrogens with zero attached hydrogens (tertiary/aromatic N) is 2. The zero-order valence-corrected chi connectivity index (χ0v) is 14.6. The maximum atomic E-state index is 12.6. The van der Waals surface area contributed by atoms with E-state index >= 15 is 0 Å². The van der Waals surface area contributed by atoms with Crippen LogP contribution >= 0.6 is 11.3 Å². The van der Waals surface area contributed by atoms with Gasteiger partial charge in [0.15, 0.2) is 0 Å². The molecular weight excluding hydrogens is 322 g/mol. The number of amides is 2. The number of hydrogen-bond donors (Lipinski definition) is 1.